The monoisotopic (exact) mass is 202 g/mol. The zero-order valence-electron chi connectivity index (χ0n) is 9.14. The Morgan fingerprint density at radius 3 is 2.46 bits per heavy atom. The van der Waals surface area contributed by atoms with Crippen molar-refractivity contribution in [2.75, 3.05) is 11.5 Å². The van der Waals surface area contributed by atoms with E-state index in [4.69, 9.17) is 0 Å². The van der Waals surface area contributed by atoms with Gasteiger partial charge in [-0.05, 0) is 46.0 Å². The molecule has 0 radical (unpaired) electrons. The molecule has 0 aromatic heterocycles. The topological polar surface area (TPSA) is 17.1 Å². The summed E-state index contributed by atoms with van der Waals surface area (Å²) in [6.45, 7) is 6.80. The van der Waals surface area contributed by atoms with E-state index in [1.807, 2.05) is 0 Å². The van der Waals surface area contributed by atoms with Crippen LogP contribution in [0.4, 0.5) is 0 Å². The molecule has 78 valence electrons. The van der Waals surface area contributed by atoms with E-state index in [9.17, 15) is 4.21 Å². The van der Waals surface area contributed by atoms with Crippen LogP contribution in [0.2, 0.25) is 0 Å². The minimum Gasteiger partial charge on any atom is -0.268 e. The highest BCUT2D eigenvalue weighted by molar-refractivity contribution is 8.00. The van der Waals surface area contributed by atoms with Crippen molar-refractivity contribution in [1.29, 1.82) is 0 Å². The highest BCUT2D eigenvalue weighted by Gasteiger charge is 2.24. The van der Waals surface area contributed by atoms with Crippen LogP contribution < -0.4 is 0 Å². The van der Waals surface area contributed by atoms with E-state index in [1.165, 1.54) is 12.8 Å². The van der Waals surface area contributed by atoms with Crippen LogP contribution in [0.15, 0.2) is 0 Å². The fourth-order valence-corrected chi connectivity index (χ4v) is 3.96. The molecule has 13 heavy (non-hydrogen) atoms. The van der Waals surface area contributed by atoms with Gasteiger partial charge < -0.3 is 0 Å². The molecule has 0 N–H and O–H groups in total. The van der Waals surface area contributed by atoms with E-state index < -0.39 is 9.52 Å². The van der Waals surface area contributed by atoms with Gasteiger partial charge >= 0.3 is 0 Å². The van der Waals surface area contributed by atoms with Crippen LogP contribution in [0.25, 0.3) is 0 Å². The zero-order chi connectivity index (χ0) is 10.1. The van der Waals surface area contributed by atoms with Crippen LogP contribution in [0.1, 0.15) is 40.0 Å². The maximum Gasteiger partial charge on any atom is 0.0187 e. The summed E-state index contributed by atoms with van der Waals surface area (Å²) in [5.41, 5.74) is 0.421. The SMILES string of the molecule is C=S1(=O)CCC(CCC(C)(C)C)C1. The standard InChI is InChI=1S/C11H22OS/c1-11(2,3)7-5-10-6-8-13(4,12)9-10/h10H,4-9H2,1-3H3. The summed E-state index contributed by atoms with van der Waals surface area (Å²) < 4.78 is 11.6. The molecule has 2 unspecified atom stereocenters. The fourth-order valence-electron chi connectivity index (χ4n) is 1.84. The first-order valence-corrected chi connectivity index (χ1v) is 7.18. The highest BCUT2D eigenvalue weighted by Crippen LogP contribution is 2.29. The third-order valence-corrected chi connectivity index (χ3v) is 4.80. The molecule has 1 saturated heterocycles. The Bertz CT molecular complexity index is 256. The predicted molar refractivity (Wildman–Crippen MR) is 61.8 cm³/mol. The summed E-state index contributed by atoms with van der Waals surface area (Å²) in [6, 6.07) is 0. The third kappa shape index (κ3) is 4.17. The van der Waals surface area contributed by atoms with Gasteiger partial charge in [-0.3, -0.25) is 4.21 Å². The summed E-state index contributed by atoms with van der Waals surface area (Å²) in [5, 5.41) is 0. The lowest BCUT2D eigenvalue weighted by Gasteiger charge is -2.20. The second-order valence-corrected chi connectivity index (χ2v) is 8.26. The normalized spacial score (nSPS) is 35.2. The fraction of sp³-hybridized carbons (Fsp3) is 0.909. The number of hydrogen-bond donors (Lipinski definition) is 0. The van der Waals surface area contributed by atoms with Crippen molar-refractivity contribution in [1.82, 2.24) is 0 Å². The molecule has 2 heteroatoms. The van der Waals surface area contributed by atoms with Crippen molar-refractivity contribution in [3.8, 4) is 0 Å². The Hall–Kier alpha value is 0.0200. The molecular formula is C11H22OS. The smallest absolute Gasteiger partial charge is 0.0187 e. The molecule has 1 aliphatic rings. The Labute approximate surface area is 82.9 Å². The van der Waals surface area contributed by atoms with Crippen molar-refractivity contribution in [3.63, 3.8) is 0 Å². The lowest BCUT2D eigenvalue weighted by atomic mass is 9.86. The van der Waals surface area contributed by atoms with Gasteiger partial charge in [-0.25, -0.2) is 0 Å². The third-order valence-electron chi connectivity index (χ3n) is 2.74. The van der Waals surface area contributed by atoms with Gasteiger partial charge in [-0.15, -0.1) is 0 Å². The van der Waals surface area contributed by atoms with Gasteiger partial charge in [0.15, 0.2) is 0 Å². The van der Waals surface area contributed by atoms with E-state index in [2.05, 4.69) is 26.6 Å². The largest absolute Gasteiger partial charge is 0.268 e. The molecular weight excluding hydrogens is 180 g/mol. The number of rotatable bonds is 2. The van der Waals surface area contributed by atoms with Crippen LogP contribution in [0, 0.1) is 11.3 Å². The van der Waals surface area contributed by atoms with E-state index in [0.717, 1.165) is 17.9 Å². The number of hydrogen-bond acceptors (Lipinski definition) is 1. The summed E-state index contributed by atoms with van der Waals surface area (Å²) in [5.74, 6) is 6.22. The van der Waals surface area contributed by atoms with Gasteiger partial charge in [0.05, 0.1) is 0 Å². The molecule has 1 fully saturated rings. The summed E-state index contributed by atoms with van der Waals surface area (Å²) >= 11 is 0. The molecule has 1 heterocycles. The second kappa shape index (κ2) is 3.64. The van der Waals surface area contributed by atoms with Crippen molar-refractivity contribution in [2.24, 2.45) is 11.3 Å². The van der Waals surface area contributed by atoms with Crippen LogP contribution >= 0.6 is 0 Å². The van der Waals surface area contributed by atoms with Crippen LogP contribution in [-0.2, 0) is 9.52 Å². The second-order valence-electron chi connectivity index (χ2n) is 5.59. The summed E-state index contributed by atoms with van der Waals surface area (Å²) in [7, 11) is -1.66. The molecule has 0 spiro atoms. The molecule has 0 aliphatic carbocycles. The van der Waals surface area contributed by atoms with Gasteiger partial charge in [0.1, 0.15) is 0 Å². The summed E-state index contributed by atoms with van der Waals surface area (Å²) in [4.78, 5) is 0. The van der Waals surface area contributed by atoms with Gasteiger partial charge in [0.25, 0.3) is 0 Å². The van der Waals surface area contributed by atoms with E-state index in [1.54, 1.807) is 0 Å². The lowest BCUT2D eigenvalue weighted by Crippen LogP contribution is -2.10. The lowest BCUT2D eigenvalue weighted by molar-refractivity contribution is 0.332. The Balaban J connectivity index is 2.34. The van der Waals surface area contributed by atoms with Crippen LogP contribution in [0.3, 0.4) is 0 Å². The first-order chi connectivity index (χ1) is 5.79. The maximum atomic E-state index is 11.6. The van der Waals surface area contributed by atoms with Crippen LogP contribution in [0.5, 0.6) is 0 Å². The molecule has 1 rings (SSSR count). The molecule has 1 nitrogen and oxygen atoms in total. The maximum absolute atomic E-state index is 11.6. The quantitative estimate of drug-likeness (QED) is 0.629. The Morgan fingerprint density at radius 1 is 1.46 bits per heavy atom. The predicted octanol–water partition coefficient (Wildman–Crippen LogP) is 2.55. The highest BCUT2D eigenvalue weighted by atomic mass is 32.2. The minimum absolute atomic E-state index is 0.421. The minimum atomic E-state index is -1.66. The molecule has 0 amide bonds. The molecule has 1 aliphatic heterocycles. The molecule has 0 aromatic rings. The van der Waals surface area contributed by atoms with Gasteiger partial charge in [-0.1, -0.05) is 20.8 Å². The zero-order valence-corrected chi connectivity index (χ0v) is 9.95. The van der Waals surface area contributed by atoms with Crippen molar-refractivity contribution in [3.05, 3.63) is 0 Å². The first-order valence-electron chi connectivity index (χ1n) is 5.11. The molecule has 0 saturated carbocycles. The van der Waals surface area contributed by atoms with Crippen LogP contribution in [-0.4, -0.2) is 21.6 Å². The van der Waals surface area contributed by atoms with Crippen molar-refractivity contribution >= 4 is 15.4 Å². The Kier molecular flexibility index (Phi) is 3.11. The Morgan fingerprint density at radius 2 is 2.08 bits per heavy atom. The average Bonchev–Trinajstić information content (AvgIpc) is 2.24. The van der Waals surface area contributed by atoms with Gasteiger partial charge in [0.2, 0.25) is 0 Å². The average molecular weight is 202 g/mol. The molecule has 0 aromatic carbocycles. The van der Waals surface area contributed by atoms with Gasteiger partial charge in [-0.2, -0.15) is 0 Å². The van der Waals surface area contributed by atoms with E-state index in [-0.39, 0.29) is 0 Å². The summed E-state index contributed by atoms with van der Waals surface area (Å²) in [6.07, 6.45) is 3.61. The van der Waals surface area contributed by atoms with E-state index in [0.29, 0.717) is 11.3 Å². The van der Waals surface area contributed by atoms with Crippen molar-refractivity contribution in [2.45, 2.75) is 40.0 Å². The first kappa shape index (κ1) is 11.1. The molecule has 2 atom stereocenters. The van der Waals surface area contributed by atoms with E-state index >= 15 is 0 Å². The molecule has 0 bridgehead atoms. The van der Waals surface area contributed by atoms with Crippen molar-refractivity contribution < 1.29 is 4.21 Å². The van der Waals surface area contributed by atoms with Gasteiger partial charge in [0, 0.05) is 11.5 Å².